The van der Waals surface area contributed by atoms with E-state index in [4.69, 9.17) is 0 Å². The van der Waals surface area contributed by atoms with Gasteiger partial charge in [-0.05, 0) is 36.2 Å². The molecule has 0 aliphatic rings. The Hall–Kier alpha value is -2.36. The van der Waals surface area contributed by atoms with Gasteiger partial charge in [0.2, 0.25) is 0 Å². The van der Waals surface area contributed by atoms with Gasteiger partial charge in [-0.25, -0.2) is 0 Å². The second-order valence-electron chi connectivity index (χ2n) is 4.32. The molecule has 0 unspecified atom stereocenters. The lowest BCUT2D eigenvalue weighted by molar-refractivity contribution is 0.959. The fraction of sp³-hybridized carbons (Fsp3) is 0.143. The largest absolute Gasteiger partial charge is 0.381 e. The minimum Gasteiger partial charge on any atom is -0.381 e. The van der Waals surface area contributed by atoms with Crippen LogP contribution in [0.3, 0.4) is 0 Å². The summed E-state index contributed by atoms with van der Waals surface area (Å²) in [6.45, 7) is 2.89. The van der Waals surface area contributed by atoms with Gasteiger partial charge in [-0.15, -0.1) is 0 Å². The number of benzene rings is 2. The topological polar surface area (TPSA) is 53.6 Å². The Bertz CT molecular complexity index is 672. The quantitative estimate of drug-likeness (QED) is 0.737. The SMILES string of the molecule is Cc1ccccc1NCc1ccc2n[nH]nc2c1. The first-order valence-electron chi connectivity index (χ1n) is 5.92. The van der Waals surface area contributed by atoms with E-state index < -0.39 is 0 Å². The predicted molar refractivity (Wildman–Crippen MR) is 72.4 cm³/mol. The number of H-pyrrole nitrogens is 1. The highest BCUT2D eigenvalue weighted by Gasteiger charge is 2.01. The van der Waals surface area contributed by atoms with Gasteiger partial charge in [0.1, 0.15) is 11.0 Å². The van der Waals surface area contributed by atoms with Crippen molar-refractivity contribution in [3.8, 4) is 0 Å². The Kier molecular flexibility index (Phi) is 2.68. The number of fused-ring (bicyclic) bond motifs is 1. The van der Waals surface area contributed by atoms with E-state index in [1.807, 2.05) is 24.3 Å². The van der Waals surface area contributed by atoms with Gasteiger partial charge < -0.3 is 5.32 Å². The fourth-order valence-corrected chi connectivity index (χ4v) is 1.96. The molecule has 3 rings (SSSR count). The molecule has 90 valence electrons. The lowest BCUT2D eigenvalue weighted by Crippen LogP contribution is -2.00. The van der Waals surface area contributed by atoms with Crippen LogP contribution in [0.15, 0.2) is 42.5 Å². The molecule has 0 aliphatic heterocycles. The zero-order valence-electron chi connectivity index (χ0n) is 10.1. The number of aromatic amines is 1. The number of nitrogens with one attached hydrogen (secondary N) is 2. The van der Waals surface area contributed by atoms with E-state index >= 15 is 0 Å². The van der Waals surface area contributed by atoms with E-state index in [0.717, 1.165) is 23.3 Å². The van der Waals surface area contributed by atoms with Crippen molar-refractivity contribution < 1.29 is 0 Å². The van der Waals surface area contributed by atoms with Gasteiger partial charge in [0, 0.05) is 12.2 Å². The van der Waals surface area contributed by atoms with E-state index in [2.05, 4.69) is 45.9 Å². The zero-order chi connectivity index (χ0) is 12.4. The summed E-state index contributed by atoms with van der Waals surface area (Å²) in [5.41, 5.74) is 5.41. The third-order valence-corrected chi connectivity index (χ3v) is 3.01. The molecule has 0 atom stereocenters. The molecule has 0 saturated carbocycles. The number of para-hydroxylation sites is 1. The third kappa shape index (κ3) is 2.05. The van der Waals surface area contributed by atoms with Gasteiger partial charge >= 0.3 is 0 Å². The molecule has 0 bridgehead atoms. The van der Waals surface area contributed by atoms with Crippen LogP contribution in [0.4, 0.5) is 5.69 Å². The van der Waals surface area contributed by atoms with Crippen LogP contribution < -0.4 is 5.32 Å². The lowest BCUT2D eigenvalue weighted by Gasteiger charge is -2.09. The Morgan fingerprint density at radius 1 is 1.06 bits per heavy atom. The van der Waals surface area contributed by atoms with Crippen molar-refractivity contribution in [1.82, 2.24) is 15.4 Å². The Labute approximate surface area is 105 Å². The summed E-state index contributed by atoms with van der Waals surface area (Å²) >= 11 is 0. The molecule has 2 N–H and O–H groups in total. The molecular formula is C14H14N4. The van der Waals surface area contributed by atoms with Crippen LogP contribution in [-0.4, -0.2) is 15.4 Å². The zero-order valence-corrected chi connectivity index (χ0v) is 10.1. The number of rotatable bonds is 3. The highest BCUT2D eigenvalue weighted by atomic mass is 15.3. The van der Waals surface area contributed by atoms with Crippen molar-refractivity contribution in [2.24, 2.45) is 0 Å². The monoisotopic (exact) mass is 238 g/mol. The second-order valence-corrected chi connectivity index (χ2v) is 4.32. The van der Waals surface area contributed by atoms with Crippen LogP contribution in [0.5, 0.6) is 0 Å². The molecule has 18 heavy (non-hydrogen) atoms. The summed E-state index contributed by atoms with van der Waals surface area (Å²) in [4.78, 5) is 0. The molecule has 4 heteroatoms. The predicted octanol–water partition coefficient (Wildman–Crippen LogP) is 2.88. The van der Waals surface area contributed by atoms with Crippen molar-refractivity contribution in [2.75, 3.05) is 5.32 Å². The number of aryl methyl sites for hydroxylation is 1. The van der Waals surface area contributed by atoms with Crippen LogP contribution in [0.25, 0.3) is 11.0 Å². The first-order valence-corrected chi connectivity index (χ1v) is 5.92. The molecule has 0 aliphatic carbocycles. The molecule has 0 spiro atoms. The molecule has 0 amide bonds. The van der Waals surface area contributed by atoms with E-state index in [9.17, 15) is 0 Å². The Morgan fingerprint density at radius 3 is 2.78 bits per heavy atom. The second kappa shape index (κ2) is 4.49. The van der Waals surface area contributed by atoms with Gasteiger partial charge in [0.15, 0.2) is 0 Å². The summed E-state index contributed by atoms with van der Waals surface area (Å²) in [6.07, 6.45) is 0. The highest BCUT2D eigenvalue weighted by Crippen LogP contribution is 2.16. The number of anilines is 1. The summed E-state index contributed by atoms with van der Waals surface area (Å²) < 4.78 is 0. The average Bonchev–Trinajstić information content (AvgIpc) is 2.85. The van der Waals surface area contributed by atoms with E-state index in [0.29, 0.717) is 0 Å². The molecule has 2 aromatic carbocycles. The minimum atomic E-state index is 0.785. The van der Waals surface area contributed by atoms with Gasteiger partial charge in [-0.1, -0.05) is 24.3 Å². The Morgan fingerprint density at radius 2 is 1.89 bits per heavy atom. The lowest BCUT2D eigenvalue weighted by atomic mass is 10.1. The maximum absolute atomic E-state index is 4.09. The van der Waals surface area contributed by atoms with Crippen LogP contribution in [0, 0.1) is 6.92 Å². The van der Waals surface area contributed by atoms with Gasteiger partial charge in [-0.3, -0.25) is 0 Å². The van der Waals surface area contributed by atoms with Crippen molar-refractivity contribution >= 4 is 16.7 Å². The van der Waals surface area contributed by atoms with Gasteiger partial charge in [-0.2, -0.15) is 15.4 Å². The van der Waals surface area contributed by atoms with Crippen LogP contribution in [-0.2, 0) is 6.54 Å². The molecule has 0 radical (unpaired) electrons. The smallest absolute Gasteiger partial charge is 0.113 e. The number of aromatic nitrogens is 3. The maximum Gasteiger partial charge on any atom is 0.113 e. The number of nitrogens with zero attached hydrogens (tertiary/aromatic N) is 2. The molecule has 4 nitrogen and oxygen atoms in total. The molecule has 3 aromatic rings. The molecular weight excluding hydrogens is 224 g/mol. The van der Waals surface area contributed by atoms with Crippen LogP contribution in [0.1, 0.15) is 11.1 Å². The summed E-state index contributed by atoms with van der Waals surface area (Å²) in [6, 6.07) is 14.4. The van der Waals surface area contributed by atoms with E-state index in [1.165, 1.54) is 11.1 Å². The van der Waals surface area contributed by atoms with Crippen molar-refractivity contribution in [3.05, 3.63) is 53.6 Å². The normalized spacial score (nSPS) is 10.7. The molecule has 0 saturated heterocycles. The first kappa shape index (κ1) is 10.8. The number of hydrogen-bond donors (Lipinski definition) is 2. The van der Waals surface area contributed by atoms with Crippen LogP contribution >= 0.6 is 0 Å². The molecule has 1 aromatic heterocycles. The van der Waals surface area contributed by atoms with Gasteiger partial charge in [0.05, 0.1) is 0 Å². The van der Waals surface area contributed by atoms with Crippen LogP contribution in [0.2, 0.25) is 0 Å². The molecule has 1 heterocycles. The summed E-state index contributed by atoms with van der Waals surface area (Å²) in [7, 11) is 0. The maximum atomic E-state index is 4.09. The molecule has 0 fully saturated rings. The first-order chi connectivity index (χ1) is 8.83. The van der Waals surface area contributed by atoms with Crippen molar-refractivity contribution in [3.63, 3.8) is 0 Å². The van der Waals surface area contributed by atoms with E-state index in [-0.39, 0.29) is 0 Å². The van der Waals surface area contributed by atoms with Crippen molar-refractivity contribution in [2.45, 2.75) is 13.5 Å². The highest BCUT2D eigenvalue weighted by molar-refractivity contribution is 5.74. The summed E-state index contributed by atoms with van der Waals surface area (Å²) in [5, 5.41) is 14.2. The fourth-order valence-electron chi connectivity index (χ4n) is 1.96. The van der Waals surface area contributed by atoms with Gasteiger partial charge in [0.25, 0.3) is 0 Å². The van der Waals surface area contributed by atoms with Crippen molar-refractivity contribution in [1.29, 1.82) is 0 Å². The van der Waals surface area contributed by atoms with E-state index in [1.54, 1.807) is 0 Å². The Balaban J connectivity index is 1.78. The average molecular weight is 238 g/mol. The standard InChI is InChI=1S/C14H14N4/c1-10-4-2-3-5-12(10)15-9-11-6-7-13-14(8-11)17-18-16-13/h2-8,15H,9H2,1H3,(H,16,17,18). The third-order valence-electron chi connectivity index (χ3n) is 3.01. The summed E-state index contributed by atoms with van der Waals surface area (Å²) in [5.74, 6) is 0. The number of hydrogen-bond acceptors (Lipinski definition) is 3. The minimum absolute atomic E-state index is 0.785.